The van der Waals surface area contributed by atoms with Crippen LogP contribution in [0.4, 0.5) is 0 Å². The first-order chi connectivity index (χ1) is 19.1. The normalized spacial score (nSPS) is 16.7. The summed E-state index contributed by atoms with van der Waals surface area (Å²) in [7, 11) is 0. The summed E-state index contributed by atoms with van der Waals surface area (Å²) in [6.07, 6.45) is 3.24. The number of hydrogen-bond donors (Lipinski definition) is 1. The van der Waals surface area contributed by atoms with Gasteiger partial charge in [0.1, 0.15) is 0 Å². The zero-order valence-corrected chi connectivity index (χ0v) is 24.5. The van der Waals surface area contributed by atoms with E-state index in [0.717, 1.165) is 6.42 Å². The molecule has 0 saturated carbocycles. The Morgan fingerprint density at radius 3 is 1.55 bits per heavy atom. The number of carboxylic acids is 1. The molecular weight excluding hydrogens is 544 g/mol. The van der Waals surface area contributed by atoms with Gasteiger partial charge in [0.25, 0.3) is 0 Å². The number of unbranched alkanes of at least 4 members (excludes halogenated alkanes) is 1. The van der Waals surface area contributed by atoms with Gasteiger partial charge in [-0.05, 0) is 39.5 Å². The maximum Gasteiger partial charge on any atom is 0.303 e. The number of carbonyl (C=O) groups is 5. The van der Waals surface area contributed by atoms with Crippen LogP contribution in [0.3, 0.4) is 0 Å². The standard InChI is InChI=1S/C32H32O6S2/c1-4-20(39-31-18(2)27(35)22-12-6-8-14-24(22)29(31)37)17-21(11-5-10-16-26(33)34)40-32-19(3)28(36)23-13-7-9-15-25(23)30(32)38/h6-9,12-15,20-21H,4-5,10-11,16-17H2,1-3H3,(H,33,34)/t20?,21-/m1/s1. The van der Waals surface area contributed by atoms with Gasteiger partial charge in [0.05, 0.1) is 9.81 Å². The molecule has 0 aromatic heterocycles. The van der Waals surface area contributed by atoms with Crippen molar-refractivity contribution in [2.24, 2.45) is 0 Å². The van der Waals surface area contributed by atoms with Crippen molar-refractivity contribution in [2.75, 3.05) is 0 Å². The lowest BCUT2D eigenvalue weighted by Gasteiger charge is -2.27. The van der Waals surface area contributed by atoms with Gasteiger partial charge in [0.15, 0.2) is 11.6 Å². The molecule has 0 spiro atoms. The molecule has 2 aliphatic rings. The van der Waals surface area contributed by atoms with Crippen molar-refractivity contribution in [1.82, 2.24) is 0 Å². The summed E-state index contributed by atoms with van der Waals surface area (Å²) in [6, 6.07) is 13.7. The van der Waals surface area contributed by atoms with Crippen LogP contribution in [0.25, 0.3) is 0 Å². The molecule has 2 aliphatic carbocycles. The van der Waals surface area contributed by atoms with E-state index >= 15 is 0 Å². The topological polar surface area (TPSA) is 106 Å². The molecule has 0 aliphatic heterocycles. The van der Waals surface area contributed by atoms with Crippen LogP contribution in [0.2, 0.25) is 0 Å². The van der Waals surface area contributed by atoms with Crippen molar-refractivity contribution in [2.45, 2.75) is 69.8 Å². The second kappa shape index (κ2) is 13.0. The van der Waals surface area contributed by atoms with E-state index in [1.54, 1.807) is 62.4 Å². The maximum absolute atomic E-state index is 13.4. The molecule has 0 amide bonds. The summed E-state index contributed by atoms with van der Waals surface area (Å²) in [5.74, 6) is -1.47. The number of allylic oxidation sites excluding steroid dienone is 4. The van der Waals surface area contributed by atoms with Crippen molar-refractivity contribution in [3.8, 4) is 0 Å². The molecule has 0 heterocycles. The molecule has 208 valence electrons. The molecule has 4 rings (SSSR count). The zero-order valence-electron chi connectivity index (χ0n) is 22.8. The van der Waals surface area contributed by atoms with E-state index in [4.69, 9.17) is 5.11 Å². The summed E-state index contributed by atoms with van der Waals surface area (Å²) in [5, 5.41) is 8.97. The Kier molecular flexibility index (Phi) is 9.64. The third-order valence-electron chi connectivity index (χ3n) is 7.32. The Labute approximate surface area is 242 Å². The molecule has 0 radical (unpaired) electrons. The first-order valence-electron chi connectivity index (χ1n) is 13.5. The summed E-state index contributed by atoms with van der Waals surface area (Å²) < 4.78 is 0. The van der Waals surface area contributed by atoms with Crippen molar-refractivity contribution in [3.63, 3.8) is 0 Å². The molecule has 1 unspecified atom stereocenters. The molecule has 0 fully saturated rings. The van der Waals surface area contributed by atoms with E-state index in [1.165, 1.54) is 23.5 Å². The summed E-state index contributed by atoms with van der Waals surface area (Å²) in [4.78, 5) is 64.8. The van der Waals surface area contributed by atoms with Crippen molar-refractivity contribution < 1.29 is 29.1 Å². The van der Waals surface area contributed by atoms with Crippen LogP contribution >= 0.6 is 23.5 Å². The van der Waals surface area contributed by atoms with Gasteiger partial charge in [-0.3, -0.25) is 24.0 Å². The Hall–Kier alpha value is -3.23. The van der Waals surface area contributed by atoms with Gasteiger partial charge in [0.2, 0.25) is 11.6 Å². The average Bonchev–Trinajstić information content (AvgIpc) is 2.96. The number of benzene rings is 2. The minimum atomic E-state index is -0.849. The lowest BCUT2D eigenvalue weighted by Crippen LogP contribution is -2.23. The summed E-state index contributed by atoms with van der Waals surface area (Å²) >= 11 is 2.79. The number of ketones is 4. The van der Waals surface area contributed by atoms with Gasteiger partial charge >= 0.3 is 5.97 Å². The quantitative estimate of drug-likeness (QED) is 0.262. The first-order valence-corrected chi connectivity index (χ1v) is 15.2. The predicted octanol–water partition coefficient (Wildman–Crippen LogP) is 7.34. The maximum atomic E-state index is 13.4. The fourth-order valence-corrected chi connectivity index (χ4v) is 7.90. The van der Waals surface area contributed by atoms with E-state index in [1.807, 2.05) is 6.92 Å². The van der Waals surface area contributed by atoms with Gasteiger partial charge in [-0.25, -0.2) is 0 Å². The molecule has 2 atom stereocenters. The molecule has 1 N–H and O–H groups in total. The Balaban J connectivity index is 1.57. The summed E-state index contributed by atoms with van der Waals surface area (Å²) in [6.45, 7) is 5.41. The second-order valence-corrected chi connectivity index (χ2v) is 12.7. The lowest BCUT2D eigenvalue weighted by molar-refractivity contribution is -0.137. The number of aliphatic carboxylic acids is 1. The van der Waals surface area contributed by atoms with E-state index in [-0.39, 0.29) is 40.1 Å². The van der Waals surface area contributed by atoms with Crippen LogP contribution in [0, 0.1) is 0 Å². The highest BCUT2D eigenvalue weighted by Gasteiger charge is 2.34. The van der Waals surface area contributed by atoms with Crippen molar-refractivity contribution >= 4 is 52.6 Å². The number of thioether (sulfide) groups is 2. The van der Waals surface area contributed by atoms with Gasteiger partial charge in [-0.2, -0.15) is 0 Å². The molecule has 2 aromatic rings. The number of carbonyl (C=O) groups excluding carboxylic acids is 4. The Morgan fingerprint density at radius 2 is 1.12 bits per heavy atom. The monoisotopic (exact) mass is 576 g/mol. The molecule has 2 aromatic carbocycles. The van der Waals surface area contributed by atoms with E-state index < -0.39 is 5.97 Å². The minimum Gasteiger partial charge on any atom is -0.481 e. The number of rotatable bonds is 12. The second-order valence-electron chi connectivity index (χ2n) is 10.1. The van der Waals surface area contributed by atoms with E-state index in [9.17, 15) is 24.0 Å². The third-order valence-corrected chi connectivity index (χ3v) is 10.4. The fraction of sp³-hybridized carbons (Fsp3) is 0.344. The van der Waals surface area contributed by atoms with Gasteiger partial charge in [-0.1, -0.05) is 61.9 Å². The largest absolute Gasteiger partial charge is 0.481 e. The zero-order chi connectivity index (χ0) is 29.0. The molecule has 8 heteroatoms. The average molecular weight is 577 g/mol. The lowest BCUT2D eigenvalue weighted by atomic mass is 9.90. The van der Waals surface area contributed by atoms with Gasteiger partial charge in [-0.15, -0.1) is 23.5 Å². The van der Waals surface area contributed by atoms with Crippen LogP contribution in [0.15, 0.2) is 69.5 Å². The van der Waals surface area contributed by atoms with E-state index in [2.05, 4.69) is 0 Å². The first kappa shape index (κ1) is 29.7. The number of carboxylic acid groups (broad SMARTS) is 1. The van der Waals surface area contributed by atoms with Crippen molar-refractivity contribution in [3.05, 3.63) is 91.7 Å². The SMILES string of the molecule is CCC(C[C@@H](CCCCC(=O)O)SC1=C(C)C(=O)c2ccccc2C1=O)SC1=C(C)C(=O)c2ccccc2C1=O. The fourth-order valence-electron chi connectivity index (χ4n) is 5.04. The third kappa shape index (κ3) is 6.23. The van der Waals surface area contributed by atoms with Crippen LogP contribution in [-0.4, -0.2) is 44.7 Å². The molecule has 40 heavy (non-hydrogen) atoms. The van der Waals surface area contributed by atoms with Crippen LogP contribution in [-0.2, 0) is 4.79 Å². The van der Waals surface area contributed by atoms with E-state index in [0.29, 0.717) is 68.9 Å². The molecular formula is C32H32O6S2. The Bertz CT molecular complexity index is 1450. The summed E-state index contributed by atoms with van der Waals surface area (Å²) in [5.41, 5.74) is 2.53. The highest BCUT2D eigenvalue weighted by Crippen LogP contribution is 2.42. The highest BCUT2D eigenvalue weighted by molar-refractivity contribution is 8.05. The van der Waals surface area contributed by atoms with Crippen LogP contribution in [0.1, 0.15) is 101 Å². The Morgan fingerprint density at radius 1 is 0.700 bits per heavy atom. The number of hydrogen-bond acceptors (Lipinski definition) is 7. The number of Topliss-reactive ketones (excluding diaryl/α,β-unsaturated/α-hetero) is 4. The number of fused-ring (bicyclic) bond motifs is 2. The van der Waals surface area contributed by atoms with Crippen LogP contribution in [0.5, 0.6) is 0 Å². The minimum absolute atomic E-state index is 0.0217. The smallest absolute Gasteiger partial charge is 0.303 e. The molecule has 0 bridgehead atoms. The molecule has 0 saturated heterocycles. The van der Waals surface area contributed by atoms with Gasteiger partial charge < -0.3 is 5.11 Å². The van der Waals surface area contributed by atoms with Crippen LogP contribution < -0.4 is 0 Å². The molecule has 6 nitrogen and oxygen atoms in total. The predicted molar refractivity (Wildman–Crippen MR) is 159 cm³/mol. The van der Waals surface area contributed by atoms with Gasteiger partial charge in [0, 0.05) is 50.3 Å². The highest BCUT2D eigenvalue weighted by atomic mass is 32.2. The van der Waals surface area contributed by atoms with Crippen molar-refractivity contribution in [1.29, 1.82) is 0 Å².